The lowest BCUT2D eigenvalue weighted by molar-refractivity contribution is -0.137. The number of ketones is 1. The molecule has 2 aliphatic rings. The van der Waals surface area contributed by atoms with Crippen LogP contribution in [-0.2, 0) is 17.4 Å². The second-order valence-electron chi connectivity index (χ2n) is 7.75. The third kappa shape index (κ3) is 3.46. The molecule has 4 rings (SSSR count). The van der Waals surface area contributed by atoms with Crippen molar-refractivity contribution in [1.82, 2.24) is 0 Å². The van der Waals surface area contributed by atoms with Crippen molar-refractivity contribution in [1.29, 1.82) is 0 Å². The Morgan fingerprint density at radius 2 is 1.72 bits per heavy atom. The fourth-order valence-corrected chi connectivity index (χ4v) is 4.72. The molecular weight excluding hydrogens is 401 g/mol. The summed E-state index contributed by atoms with van der Waals surface area (Å²) in [5, 5.41) is 10.4. The molecule has 0 unspecified atom stereocenters. The highest BCUT2D eigenvalue weighted by Gasteiger charge is 2.41. The largest absolute Gasteiger partial charge is 0.511 e. The van der Waals surface area contributed by atoms with Crippen LogP contribution in [0.15, 0.2) is 42.2 Å². The predicted octanol–water partition coefficient (Wildman–Crippen LogP) is 6.86. The van der Waals surface area contributed by atoms with E-state index in [2.05, 4.69) is 0 Å². The third-order valence-electron chi connectivity index (χ3n) is 6.06. The summed E-state index contributed by atoms with van der Waals surface area (Å²) in [6, 6.07) is 9.06. The molecule has 0 aliphatic heterocycles. The molecule has 6 heteroatoms. The zero-order valence-corrected chi connectivity index (χ0v) is 16.6. The number of aliphatic hydroxyl groups is 1. The summed E-state index contributed by atoms with van der Waals surface area (Å²) < 4.78 is 39.8. The van der Waals surface area contributed by atoms with E-state index in [1.807, 2.05) is 13.0 Å². The van der Waals surface area contributed by atoms with Gasteiger partial charge >= 0.3 is 6.18 Å². The Labute approximate surface area is 172 Å². The summed E-state index contributed by atoms with van der Waals surface area (Å²) in [5.74, 6) is -0.0158. The van der Waals surface area contributed by atoms with Crippen molar-refractivity contribution in [3.8, 4) is 11.1 Å². The van der Waals surface area contributed by atoms with E-state index in [4.69, 9.17) is 11.6 Å². The molecule has 1 fully saturated rings. The molecule has 2 aliphatic carbocycles. The number of aryl methyl sites for hydroxylation is 1. The Morgan fingerprint density at radius 3 is 2.41 bits per heavy atom. The van der Waals surface area contributed by atoms with E-state index in [1.54, 1.807) is 12.1 Å². The number of rotatable bonds is 3. The fourth-order valence-electron chi connectivity index (χ4n) is 4.49. The summed E-state index contributed by atoms with van der Waals surface area (Å²) in [5.41, 5.74) is 1.85. The highest BCUT2D eigenvalue weighted by molar-refractivity contribution is 6.31. The summed E-state index contributed by atoms with van der Waals surface area (Å²) in [6.45, 7) is 1.95. The lowest BCUT2D eigenvalue weighted by Crippen LogP contribution is -2.22. The molecule has 2 aromatic rings. The van der Waals surface area contributed by atoms with Gasteiger partial charge in [-0.2, -0.15) is 13.2 Å². The summed E-state index contributed by atoms with van der Waals surface area (Å²) in [7, 11) is 0. The molecule has 1 N–H and O–H groups in total. The van der Waals surface area contributed by atoms with Crippen molar-refractivity contribution >= 4 is 23.0 Å². The lowest BCUT2D eigenvalue weighted by Gasteiger charge is -2.23. The van der Waals surface area contributed by atoms with Crippen LogP contribution in [0.4, 0.5) is 13.2 Å². The SMILES string of the molecule is CCc1ccc(-c2ccc(Cl)c(C(F)(F)F)c2)cc1C1=C(O)[C@H]2CC[C@H](C2)C1=O. The summed E-state index contributed by atoms with van der Waals surface area (Å²) in [4.78, 5) is 13.0. The Hall–Kier alpha value is -2.27. The van der Waals surface area contributed by atoms with Gasteiger partial charge in [-0.15, -0.1) is 0 Å². The van der Waals surface area contributed by atoms with Gasteiger partial charge in [0, 0.05) is 11.8 Å². The van der Waals surface area contributed by atoms with Gasteiger partial charge in [-0.1, -0.05) is 36.7 Å². The van der Waals surface area contributed by atoms with Crippen LogP contribution in [0.1, 0.15) is 42.9 Å². The number of hydrogen-bond acceptors (Lipinski definition) is 2. The summed E-state index contributed by atoms with van der Waals surface area (Å²) >= 11 is 5.74. The van der Waals surface area contributed by atoms with E-state index in [0.29, 0.717) is 35.1 Å². The quantitative estimate of drug-likeness (QED) is 0.589. The lowest BCUT2D eigenvalue weighted by atomic mass is 9.81. The molecular formula is C23H20ClF3O2. The fraction of sp³-hybridized carbons (Fsp3) is 0.348. The Balaban J connectivity index is 1.86. The highest BCUT2D eigenvalue weighted by Crippen LogP contribution is 2.46. The molecule has 2 aromatic carbocycles. The molecule has 0 saturated heterocycles. The molecule has 2 atom stereocenters. The van der Waals surface area contributed by atoms with E-state index in [0.717, 1.165) is 24.5 Å². The molecule has 0 amide bonds. The Kier molecular flexibility index (Phi) is 4.97. The maximum Gasteiger partial charge on any atom is 0.417 e. The van der Waals surface area contributed by atoms with Crippen molar-refractivity contribution in [2.45, 2.75) is 38.8 Å². The Morgan fingerprint density at radius 1 is 1.07 bits per heavy atom. The van der Waals surface area contributed by atoms with Gasteiger partial charge in [0.05, 0.1) is 16.2 Å². The number of halogens is 4. The van der Waals surface area contributed by atoms with Gasteiger partial charge in [0.25, 0.3) is 0 Å². The molecule has 2 bridgehead atoms. The average Bonchev–Trinajstić information content (AvgIpc) is 3.13. The van der Waals surface area contributed by atoms with E-state index in [1.165, 1.54) is 12.1 Å². The van der Waals surface area contributed by atoms with Crippen LogP contribution < -0.4 is 0 Å². The highest BCUT2D eigenvalue weighted by atomic mass is 35.5. The molecule has 2 nitrogen and oxygen atoms in total. The topological polar surface area (TPSA) is 37.3 Å². The van der Waals surface area contributed by atoms with E-state index < -0.39 is 11.7 Å². The van der Waals surface area contributed by atoms with Crippen LogP contribution >= 0.6 is 11.6 Å². The zero-order chi connectivity index (χ0) is 20.9. The van der Waals surface area contributed by atoms with E-state index >= 15 is 0 Å². The average molecular weight is 421 g/mol. The number of carbonyl (C=O) groups excluding carboxylic acids is 1. The maximum atomic E-state index is 13.3. The summed E-state index contributed by atoms with van der Waals surface area (Å²) in [6.07, 6.45) is -1.67. The van der Waals surface area contributed by atoms with Crippen LogP contribution in [-0.4, -0.2) is 10.9 Å². The first-order valence-electron chi connectivity index (χ1n) is 9.68. The first-order chi connectivity index (χ1) is 13.7. The van der Waals surface area contributed by atoms with Gasteiger partial charge in [-0.25, -0.2) is 0 Å². The minimum Gasteiger partial charge on any atom is -0.511 e. The number of benzene rings is 2. The standard InChI is InChI=1S/C23H20ClF3O2/c1-2-12-3-4-13(14-7-8-19(24)18(11-14)23(25,26)27)10-17(12)20-21(28)15-5-6-16(9-15)22(20)29/h3-4,7-8,10-11,15-16,28H,2,5-6,9H2,1H3/t15-,16+/m0/s1. The number of Topliss-reactive ketones (excluding diaryl/α,β-unsaturated/α-hetero) is 1. The van der Waals surface area contributed by atoms with Gasteiger partial charge in [-0.3, -0.25) is 4.79 Å². The van der Waals surface area contributed by atoms with Crippen molar-refractivity contribution < 1.29 is 23.1 Å². The van der Waals surface area contributed by atoms with Gasteiger partial charge in [0.15, 0.2) is 5.78 Å². The van der Waals surface area contributed by atoms with Gasteiger partial charge in [-0.05, 0) is 66.1 Å². The van der Waals surface area contributed by atoms with E-state index in [9.17, 15) is 23.1 Å². The van der Waals surface area contributed by atoms with Crippen molar-refractivity contribution in [3.05, 3.63) is 63.9 Å². The number of fused-ring (bicyclic) bond motifs is 2. The molecule has 1 saturated carbocycles. The molecule has 0 heterocycles. The van der Waals surface area contributed by atoms with Gasteiger partial charge in [0.1, 0.15) is 5.76 Å². The number of allylic oxidation sites excluding steroid dienone is 2. The van der Waals surface area contributed by atoms with Crippen LogP contribution in [0.25, 0.3) is 16.7 Å². The van der Waals surface area contributed by atoms with Gasteiger partial charge in [0.2, 0.25) is 0 Å². The van der Waals surface area contributed by atoms with Crippen LogP contribution in [0.3, 0.4) is 0 Å². The minimum absolute atomic E-state index is 0.00609. The van der Waals surface area contributed by atoms with Crippen LogP contribution in [0, 0.1) is 11.8 Å². The normalized spacial score (nSPS) is 21.8. The minimum atomic E-state index is -4.56. The maximum absolute atomic E-state index is 13.3. The third-order valence-corrected chi connectivity index (χ3v) is 6.39. The van der Waals surface area contributed by atoms with Crippen LogP contribution in [0.2, 0.25) is 5.02 Å². The van der Waals surface area contributed by atoms with E-state index in [-0.39, 0.29) is 28.4 Å². The second kappa shape index (κ2) is 7.21. The number of aliphatic hydroxyl groups excluding tert-OH is 1. The number of hydrogen-bond donors (Lipinski definition) is 1. The molecule has 0 radical (unpaired) electrons. The number of alkyl halides is 3. The molecule has 0 aromatic heterocycles. The molecule has 29 heavy (non-hydrogen) atoms. The second-order valence-corrected chi connectivity index (χ2v) is 8.16. The monoisotopic (exact) mass is 420 g/mol. The van der Waals surface area contributed by atoms with Crippen molar-refractivity contribution in [2.75, 3.05) is 0 Å². The molecule has 152 valence electrons. The van der Waals surface area contributed by atoms with Crippen molar-refractivity contribution in [2.24, 2.45) is 11.8 Å². The smallest absolute Gasteiger partial charge is 0.417 e. The Bertz CT molecular complexity index is 1020. The van der Waals surface area contributed by atoms with Gasteiger partial charge < -0.3 is 5.11 Å². The number of carbonyl (C=O) groups is 1. The zero-order valence-electron chi connectivity index (χ0n) is 15.8. The predicted molar refractivity (Wildman–Crippen MR) is 107 cm³/mol. The molecule has 0 spiro atoms. The van der Waals surface area contributed by atoms with Crippen LogP contribution in [0.5, 0.6) is 0 Å². The van der Waals surface area contributed by atoms with Crippen molar-refractivity contribution in [3.63, 3.8) is 0 Å². The first kappa shape index (κ1) is 20.0. The first-order valence-corrected chi connectivity index (χ1v) is 10.1.